The number of carboxylic acid groups (broad SMARTS) is 2. The van der Waals surface area contributed by atoms with Crippen LogP contribution in [-0.4, -0.2) is 58.1 Å². The molecule has 2 amide bonds. The maximum absolute atomic E-state index is 12.2. The van der Waals surface area contributed by atoms with E-state index in [9.17, 15) is 24.3 Å². The molecule has 5 atom stereocenters. The van der Waals surface area contributed by atoms with Crippen LogP contribution in [0.1, 0.15) is 51.7 Å². The molecule has 0 spiro atoms. The zero-order valence-corrected chi connectivity index (χ0v) is 23.7. The van der Waals surface area contributed by atoms with Gasteiger partial charge >= 0.3 is 11.9 Å². The molecule has 40 heavy (non-hydrogen) atoms. The van der Waals surface area contributed by atoms with Gasteiger partial charge in [0, 0.05) is 6.42 Å². The summed E-state index contributed by atoms with van der Waals surface area (Å²) in [5.41, 5.74) is 13.4. The van der Waals surface area contributed by atoms with Crippen LogP contribution < -0.4 is 22.1 Å². The highest BCUT2D eigenvalue weighted by Gasteiger charge is 2.27. The Bertz CT molecular complexity index is 1060. The van der Waals surface area contributed by atoms with E-state index in [-0.39, 0.29) is 18.2 Å². The van der Waals surface area contributed by atoms with Gasteiger partial charge in [-0.25, -0.2) is 9.59 Å². The van der Waals surface area contributed by atoms with Crippen molar-refractivity contribution < 1.29 is 29.4 Å². The molecule has 0 aromatic heterocycles. The molecular weight excluding hydrogens is 512 g/mol. The van der Waals surface area contributed by atoms with Gasteiger partial charge in [-0.05, 0) is 35.8 Å². The number of carbonyl (C=O) groups excluding carboxylic acids is 2. The molecular formula is C30H44N4O6. The molecule has 10 nitrogen and oxygen atoms in total. The Kier molecular flexibility index (Phi) is 15.2. The van der Waals surface area contributed by atoms with Crippen LogP contribution in [0.25, 0.3) is 0 Å². The van der Waals surface area contributed by atoms with Gasteiger partial charge in [0.2, 0.25) is 11.8 Å². The normalized spacial score (nSPS) is 14.5. The number of rotatable bonds is 14. The lowest BCUT2D eigenvalue weighted by Gasteiger charge is -2.22. The Labute approximate surface area is 236 Å². The second-order valence-electron chi connectivity index (χ2n) is 10.3. The quantitative estimate of drug-likeness (QED) is 0.205. The van der Waals surface area contributed by atoms with Gasteiger partial charge in [0.15, 0.2) is 0 Å². The Morgan fingerprint density at radius 2 is 1.20 bits per heavy atom. The van der Waals surface area contributed by atoms with Crippen molar-refractivity contribution in [3.63, 3.8) is 0 Å². The lowest BCUT2D eigenvalue weighted by Crippen LogP contribution is -2.51. The molecule has 0 saturated heterocycles. The van der Waals surface area contributed by atoms with Gasteiger partial charge in [-0.1, -0.05) is 94.8 Å². The first-order valence-electron chi connectivity index (χ1n) is 13.5. The van der Waals surface area contributed by atoms with Crippen LogP contribution in [0.2, 0.25) is 0 Å². The lowest BCUT2D eigenvalue weighted by molar-refractivity contribution is -0.143. The number of amides is 2. The second-order valence-corrected chi connectivity index (χ2v) is 10.3. The molecule has 2 aromatic carbocycles. The van der Waals surface area contributed by atoms with Crippen molar-refractivity contribution in [2.45, 2.75) is 77.5 Å². The molecule has 2 aromatic rings. The summed E-state index contributed by atoms with van der Waals surface area (Å²) in [4.78, 5) is 46.3. The van der Waals surface area contributed by atoms with Crippen LogP contribution in [0, 0.1) is 11.8 Å². The number of carboxylic acids is 2. The highest BCUT2D eigenvalue weighted by molar-refractivity contribution is 5.87. The fourth-order valence-electron chi connectivity index (χ4n) is 3.85. The first kappa shape index (κ1) is 34.3. The van der Waals surface area contributed by atoms with Crippen molar-refractivity contribution in [2.75, 3.05) is 0 Å². The maximum Gasteiger partial charge on any atom is 0.326 e. The van der Waals surface area contributed by atoms with Crippen molar-refractivity contribution in [2.24, 2.45) is 23.3 Å². The number of aliphatic carboxylic acids is 2. The van der Waals surface area contributed by atoms with Crippen molar-refractivity contribution in [1.82, 2.24) is 10.6 Å². The zero-order valence-electron chi connectivity index (χ0n) is 23.7. The average Bonchev–Trinajstić information content (AvgIpc) is 2.91. The van der Waals surface area contributed by atoms with E-state index >= 15 is 0 Å². The molecule has 0 heterocycles. The van der Waals surface area contributed by atoms with Crippen LogP contribution >= 0.6 is 0 Å². The van der Waals surface area contributed by atoms with Crippen molar-refractivity contribution in [1.29, 1.82) is 0 Å². The first-order chi connectivity index (χ1) is 18.8. The monoisotopic (exact) mass is 556 g/mol. The van der Waals surface area contributed by atoms with E-state index in [0.717, 1.165) is 11.1 Å². The SMILES string of the molecule is CC[C@H](C)[C@H](NC(=O)[C@@H](N)CC(C)C)C(=O)O.N[C@@H](Cc1ccccc1)C(=O)N[C@@H](Cc1ccccc1)C(=O)O. The molecule has 0 saturated carbocycles. The molecule has 0 unspecified atom stereocenters. The van der Waals surface area contributed by atoms with Crippen molar-refractivity contribution in [3.05, 3.63) is 71.8 Å². The number of benzene rings is 2. The van der Waals surface area contributed by atoms with Gasteiger partial charge < -0.3 is 32.3 Å². The van der Waals surface area contributed by atoms with E-state index < -0.39 is 42.0 Å². The molecule has 10 heteroatoms. The third-order valence-electron chi connectivity index (χ3n) is 6.37. The van der Waals surface area contributed by atoms with Crippen LogP contribution in [0.3, 0.4) is 0 Å². The molecule has 0 aliphatic carbocycles. The van der Waals surface area contributed by atoms with E-state index in [2.05, 4.69) is 10.6 Å². The van der Waals surface area contributed by atoms with E-state index in [1.807, 2.05) is 81.4 Å². The Morgan fingerprint density at radius 1 is 0.725 bits per heavy atom. The standard InChI is InChI=1S/C18H20N2O3.C12H24N2O3/c19-15(11-13-7-3-1-4-8-13)17(21)20-16(18(22)23)12-14-9-5-2-6-10-14;1-5-8(4)10(12(16)17)14-11(15)9(13)6-7(2)3/h1-10,15-16H,11-12,19H2,(H,20,21)(H,22,23);7-10H,5-6,13H2,1-4H3,(H,14,15)(H,16,17)/t15-,16-;8-,9-,10-/m00/s1. The van der Waals surface area contributed by atoms with Crippen LogP contribution in [0.15, 0.2) is 60.7 Å². The largest absolute Gasteiger partial charge is 0.480 e. The lowest BCUT2D eigenvalue weighted by atomic mass is 9.98. The highest BCUT2D eigenvalue weighted by atomic mass is 16.4. The molecule has 220 valence electrons. The highest BCUT2D eigenvalue weighted by Crippen LogP contribution is 2.10. The summed E-state index contributed by atoms with van der Waals surface area (Å²) in [5.74, 6) is -2.73. The van der Waals surface area contributed by atoms with E-state index in [0.29, 0.717) is 25.2 Å². The first-order valence-corrected chi connectivity index (χ1v) is 13.5. The van der Waals surface area contributed by atoms with Crippen LogP contribution in [0.5, 0.6) is 0 Å². The molecule has 0 bridgehead atoms. The van der Waals surface area contributed by atoms with Gasteiger partial charge in [0.05, 0.1) is 12.1 Å². The summed E-state index contributed by atoms with van der Waals surface area (Å²) < 4.78 is 0. The van der Waals surface area contributed by atoms with Gasteiger partial charge in [-0.3, -0.25) is 9.59 Å². The Morgan fingerprint density at radius 3 is 1.62 bits per heavy atom. The average molecular weight is 557 g/mol. The molecule has 8 N–H and O–H groups in total. The summed E-state index contributed by atoms with van der Waals surface area (Å²) in [6, 6.07) is 15.3. The minimum Gasteiger partial charge on any atom is -0.480 e. The minimum absolute atomic E-state index is 0.109. The molecule has 0 fully saturated rings. The Balaban J connectivity index is 0.000000421. The third-order valence-corrected chi connectivity index (χ3v) is 6.37. The Hall–Kier alpha value is -3.76. The summed E-state index contributed by atoms with van der Waals surface area (Å²) in [6.07, 6.45) is 1.83. The number of hydrogen-bond donors (Lipinski definition) is 6. The maximum atomic E-state index is 12.2. The summed E-state index contributed by atoms with van der Waals surface area (Å²) >= 11 is 0. The molecule has 0 radical (unpaired) electrons. The van der Waals surface area contributed by atoms with Gasteiger partial charge in [-0.2, -0.15) is 0 Å². The van der Waals surface area contributed by atoms with Crippen LogP contribution in [-0.2, 0) is 32.0 Å². The summed E-state index contributed by atoms with van der Waals surface area (Å²) in [5, 5.41) is 23.4. The predicted octanol–water partition coefficient (Wildman–Crippen LogP) is 2.34. The fourth-order valence-corrected chi connectivity index (χ4v) is 3.85. The fraction of sp³-hybridized carbons (Fsp3) is 0.467. The van der Waals surface area contributed by atoms with Gasteiger partial charge in [0.25, 0.3) is 0 Å². The summed E-state index contributed by atoms with van der Waals surface area (Å²) in [7, 11) is 0. The smallest absolute Gasteiger partial charge is 0.326 e. The minimum atomic E-state index is -1.07. The predicted molar refractivity (Wildman–Crippen MR) is 154 cm³/mol. The van der Waals surface area contributed by atoms with E-state index in [1.54, 1.807) is 6.92 Å². The topological polar surface area (TPSA) is 185 Å². The van der Waals surface area contributed by atoms with E-state index in [4.69, 9.17) is 16.6 Å². The third kappa shape index (κ3) is 12.9. The zero-order chi connectivity index (χ0) is 30.2. The molecule has 0 aliphatic rings. The summed E-state index contributed by atoms with van der Waals surface area (Å²) in [6.45, 7) is 7.63. The van der Waals surface area contributed by atoms with Crippen molar-refractivity contribution in [3.8, 4) is 0 Å². The number of nitrogens with two attached hydrogens (primary N) is 2. The van der Waals surface area contributed by atoms with E-state index in [1.165, 1.54) is 0 Å². The number of hydrogen-bond acceptors (Lipinski definition) is 6. The second kappa shape index (κ2) is 17.8. The number of carbonyl (C=O) groups is 4. The van der Waals surface area contributed by atoms with Crippen molar-refractivity contribution >= 4 is 23.8 Å². The van der Waals surface area contributed by atoms with Gasteiger partial charge in [0.1, 0.15) is 12.1 Å². The molecule has 0 aliphatic heterocycles. The molecule has 2 rings (SSSR count). The van der Waals surface area contributed by atoms with Gasteiger partial charge in [-0.15, -0.1) is 0 Å². The number of nitrogens with one attached hydrogen (secondary N) is 2. The van der Waals surface area contributed by atoms with Crippen LogP contribution in [0.4, 0.5) is 0 Å².